The van der Waals surface area contributed by atoms with Crippen molar-refractivity contribution in [3.05, 3.63) is 59.7 Å². The van der Waals surface area contributed by atoms with E-state index < -0.39 is 25.8 Å². The molecule has 14 nitrogen and oxygen atoms in total. The number of amides is 3. The summed E-state index contributed by atoms with van der Waals surface area (Å²) in [6.45, 7) is 13.2. The number of ether oxygens (including phenoxy) is 5. The van der Waals surface area contributed by atoms with Crippen LogP contribution in [0, 0.1) is 0 Å². The number of thioether (sulfide) groups is 1. The molecule has 0 fully saturated rings. The van der Waals surface area contributed by atoms with E-state index in [1.54, 1.807) is 20.9 Å². The molecule has 74 heavy (non-hydrogen) atoms. The maximum atomic E-state index is 14.2. The first kappa shape index (κ1) is 65.3. The predicted octanol–water partition coefficient (Wildman–Crippen LogP) is 13.1. The van der Waals surface area contributed by atoms with Crippen LogP contribution in [0.3, 0.4) is 0 Å². The van der Waals surface area contributed by atoms with Gasteiger partial charge in [0, 0.05) is 48.7 Å². The zero-order valence-electron chi connectivity index (χ0n) is 46.6. The third kappa shape index (κ3) is 27.3. The van der Waals surface area contributed by atoms with Crippen LogP contribution in [-0.4, -0.2) is 132 Å². The minimum atomic E-state index is -3.15. The highest BCUT2D eigenvalue weighted by atomic mass is 32.2. The Bertz CT molecular complexity index is 1790. The minimum Gasteiger partial charge on any atom is -0.436 e. The molecule has 0 heterocycles. The molecule has 16 heteroatoms. The van der Waals surface area contributed by atoms with Gasteiger partial charge in [-0.05, 0) is 44.7 Å². The lowest BCUT2D eigenvalue weighted by Gasteiger charge is -2.29. The summed E-state index contributed by atoms with van der Waals surface area (Å²) in [5.41, 5.74) is 3.84. The van der Waals surface area contributed by atoms with Gasteiger partial charge < -0.3 is 43.4 Å². The number of hydrogen-bond donors (Lipinski definition) is 2. The molecule has 1 aliphatic carbocycles. The molecule has 0 saturated carbocycles. The number of nitrogens with one attached hydrogen (secondary N) is 2. The molecule has 2 aromatic rings. The fourth-order valence-corrected chi connectivity index (χ4v) is 11.7. The van der Waals surface area contributed by atoms with E-state index in [0.717, 1.165) is 54.4 Å². The molecule has 422 valence electrons. The van der Waals surface area contributed by atoms with Crippen molar-refractivity contribution in [3.63, 3.8) is 0 Å². The number of nitrogens with zero attached hydrogens (tertiary/aromatic N) is 1. The van der Waals surface area contributed by atoms with Crippen molar-refractivity contribution in [2.75, 3.05) is 90.8 Å². The Labute approximate surface area is 451 Å². The Hall–Kier alpha value is -3.01. The molecule has 2 N–H and O–H groups in total. The van der Waals surface area contributed by atoms with Crippen LogP contribution in [0.2, 0.25) is 0 Å². The molecular formula is C58H98N3O11PS. The summed E-state index contributed by atoms with van der Waals surface area (Å²) in [4.78, 5) is 43.2. The lowest BCUT2D eigenvalue weighted by Crippen LogP contribution is -2.52. The number of carbonyl (C=O) groups is 3. The van der Waals surface area contributed by atoms with Crippen LogP contribution in [0.15, 0.2) is 48.5 Å². The highest BCUT2D eigenvalue weighted by Crippen LogP contribution is 2.47. The summed E-state index contributed by atoms with van der Waals surface area (Å²) >= 11 is 1.51. The van der Waals surface area contributed by atoms with Gasteiger partial charge in [-0.1, -0.05) is 172 Å². The molecule has 0 aromatic heterocycles. The summed E-state index contributed by atoms with van der Waals surface area (Å²) in [6, 6.07) is 14.3. The lowest BCUT2D eigenvalue weighted by molar-refractivity contribution is -0.126. The van der Waals surface area contributed by atoms with Gasteiger partial charge in [-0.25, -0.2) is 4.79 Å². The fraction of sp³-hybridized carbons (Fsp3) is 0.741. The molecule has 1 aliphatic rings. The number of benzene rings is 2. The second-order valence-corrected chi connectivity index (χ2v) is 22.8. The van der Waals surface area contributed by atoms with Crippen molar-refractivity contribution < 1.29 is 51.7 Å². The van der Waals surface area contributed by atoms with Crippen molar-refractivity contribution >= 4 is 37.3 Å². The van der Waals surface area contributed by atoms with Gasteiger partial charge in [0.25, 0.3) is 0 Å². The Kier molecular flexibility index (Phi) is 36.3. The molecule has 3 atom stereocenters. The van der Waals surface area contributed by atoms with E-state index in [0.29, 0.717) is 65.0 Å². The smallest absolute Gasteiger partial charge is 0.411 e. The zero-order valence-corrected chi connectivity index (χ0v) is 48.3. The SMILES string of the molecule is CCCCCCCCCCCCOC[C@H](CSC[C@@H](C(=O)N[C@@H](C)COCCOCCOCCP(=O)(OCC)OCC)N(C)C(=O)OC1c2ccccc2-c2ccccc21)NC(=O)CCCCCCCCCCC. The van der Waals surface area contributed by atoms with Crippen molar-refractivity contribution in [1.29, 1.82) is 0 Å². The molecule has 0 radical (unpaired) electrons. The second-order valence-electron chi connectivity index (χ2n) is 19.6. The largest absolute Gasteiger partial charge is 0.436 e. The highest BCUT2D eigenvalue weighted by Gasteiger charge is 2.35. The number of rotatable bonds is 47. The highest BCUT2D eigenvalue weighted by molar-refractivity contribution is 7.99. The minimum absolute atomic E-state index is 0.0181. The fourth-order valence-electron chi connectivity index (χ4n) is 8.99. The van der Waals surface area contributed by atoms with E-state index in [-0.39, 0.29) is 49.0 Å². The van der Waals surface area contributed by atoms with Gasteiger partial charge in [0.05, 0.1) is 71.7 Å². The third-order valence-corrected chi connectivity index (χ3v) is 16.4. The molecular weight excluding hydrogens is 978 g/mol. The van der Waals surface area contributed by atoms with Gasteiger partial charge in [0.2, 0.25) is 11.8 Å². The van der Waals surface area contributed by atoms with Gasteiger partial charge in [-0.3, -0.25) is 19.1 Å². The van der Waals surface area contributed by atoms with Gasteiger partial charge >= 0.3 is 13.7 Å². The molecule has 0 aliphatic heterocycles. The van der Waals surface area contributed by atoms with Crippen molar-refractivity contribution in [2.45, 2.75) is 187 Å². The molecule has 0 saturated heterocycles. The first-order valence-electron chi connectivity index (χ1n) is 28.5. The predicted molar refractivity (Wildman–Crippen MR) is 301 cm³/mol. The average molecular weight is 1080 g/mol. The number of unbranched alkanes of at least 4 members (excludes halogenated alkanes) is 17. The van der Waals surface area contributed by atoms with Crippen LogP contribution in [0.25, 0.3) is 11.1 Å². The number of carbonyl (C=O) groups excluding carboxylic acids is 3. The summed E-state index contributed by atoms with van der Waals surface area (Å²) in [7, 11) is -1.54. The van der Waals surface area contributed by atoms with Crippen LogP contribution >= 0.6 is 19.4 Å². The molecule has 0 spiro atoms. The van der Waals surface area contributed by atoms with Gasteiger partial charge in [-0.2, -0.15) is 11.8 Å². The van der Waals surface area contributed by atoms with E-state index >= 15 is 0 Å². The van der Waals surface area contributed by atoms with Gasteiger partial charge in [0.15, 0.2) is 6.10 Å². The first-order valence-corrected chi connectivity index (χ1v) is 31.4. The van der Waals surface area contributed by atoms with Crippen molar-refractivity contribution in [2.24, 2.45) is 0 Å². The van der Waals surface area contributed by atoms with Crippen molar-refractivity contribution in [3.8, 4) is 11.1 Å². The van der Waals surface area contributed by atoms with Gasteiger partial charge in [-0.15, -0.1) is 0 Å². The molecule has 3 rings (SSSR count). The van der Waals surface area contributed by atoms with E-state index in [4.69, 9.17) is 32.7 Å². The quantitative estimate of drug-likeness (QED) is 0.0478. The number of likely N-dealkylation sites (N-methyl/N-ethyl adjacent to an activating group) is 1. The summed E-state index contributed by atoms with van der Waals surface area (Å²) < 4.78 is 52.8. The molecule has 0 bridgehead atoms. The maximum Gasteiger partial charge on any atom is 0.411 e. The van der Waals surface area contributed by atoms with E-state index in [9.17, 15) is 18.9 Å². The van der Waals surface area contributed by atoms with E-state index in [1.165, 1.54) is 107 Å². The number of fused-ring (bicyclic) bond motifs is 3. The summed E-state index contributed by atoms with van der Waals surface area (Å²) in [5.74, 6) is 0.443. The summed E-state index contributed by atoms with van der Waals surface area (Å²) in [6.07, 6.45) is 22.5. The normalized spacial score (nSPS) is 13.5. The van der Waals surface area contributed by atoms with E-state index in [2.05, 4.69) is 24.5 Å². The van der Waals surface area contributed by atoms with E-state index in [1.807, 2.05) is 55.5 Å². The van der Waals surface area contributed by atoms with Gasteiger partial charge in [0.1, 0.15) is 6.04 Å². The second kappa shape index (κ2) is 41.1. The van der Waals surface area contributed by atoms with Crippen LogP contribution in [0.4, 0.5) is 4.79 Å². The number of hydrogen-bond acceptors (Lipinski definition) is 12. The van der Waals surface area contributed by atoms with Crippen LogP contribution in [0.5, 0.6) is 0 Å². The Morgan fingerprint density at radius 3 is 1.64 bits per heavy atom. The Balaban J connectivity index is 1.59. The van der Waals surface area contributed by atoms with Crippen LogP contribution in [-0.2, 0) is 46.9 Å². The average Bonchev–Trinajstić information content (AvgIpc) is 3.70. The molecule has 3 amide bonds. The van der Waals surface area contributed by atoms with Crippen LogP contribution in [0.1, 0.15) is 180 Å². The lowest BCUT2D eigenvalue weighted by atomic mass is 10.1. The third-order valence-electron chi connectivity index (χ3n) is 13.1. The monoisotopic (exact) mass is 1080 g/mol. The summed E-state index contributed by atoms with van der Waals surface area (Å²) in [5, 5.41) is 6.33. The molecule has 0 unspecified atom stereocenters. The standard InChI is InChI=1S/C58H98N3O11PS/c1-7-11-13-15-17-19-21-23-25-31-37-68-45-49(60-55(62)36-26-24-22-20-18-16-14-12-8-2)46-74-47-54(61(6)58(64)72-56-52-34-29-27-32-50(52)51-33-28-30-35-53(51)56)57(63)59-48(5)44-69-41-40-66-38-39-67-42-43-73(65,70-9-3)71-10-4/h27-30,32-35,48-49,54,56H,7-26,31,36-47H2,1-6H3,(H,59,63)(H,60,62)/t48-,49+,54-/m0/s1. The first-order chi connectivity index (χ1) is 36.1. The van der Waals surface area contributed by atoms with Crippen LogP contribution < -0.4 is 10.6 Å². The zero-order chi connectivity index (χ0) is 53.5. The topological polar surface area (TPSA) is 160 Å². The Morgan fingerprint density at radius 1 is 0.595 bits per heavy atom. The maximum absolute atomic E-state index is 14.2. The van der Waals surface area contributed by atoms with Crippen molar-refractivity contribution in [1.82, 2.24) is 15.5 Å². The molecule has 2 aromatic carbocycles. The Morgan fingerprint density at radius 2 is 1.08 bits per heavy atom.